The van der Waals surface area contributed by atoms with Crippen LogP contribution in [-0.2, 0) is 4.79 Å². The number of nitrogens with zero attached hydrogens (tertiary/aromatic N) is 2. The van der Waals surface area contributed by atoms with Crippen molar-refractivity contribution in [2.45, 2.75) is 6.92 Å². The lowest BCUT2D eigenvalue weighted by molar-refractivity contribution is -0.118. The standard InChI is InChI=1S/C22H21N3O5S/c1-4-29-20-9-14(11-23)5-7-19(20)30-12-21(26)25-22-24-17(13-31-22)16-10-15(27-2)6-8-18(16)28-3/h5-10,13H,4,12H2,1-3H3,(H,24,25,26). The molecule has 1 N–H and O–H groups in total. The highest BCUT2D eigenvalue weighted by atomic mass is 32.1. The first-order valence-corrected chi connectivity index (χ1v) is 10.2. The summed E-state index contributed by atoms with van der Waals surface area (Å²) in [7, 11) is 3.17. The molecule has 0 aliphatic heterocycles. The lowest BCUT2D eigenvalue weighted by Gasteiger charge is -2.11. The van der Waals surface area contributed by atoms with Gasteiger partial charge in [-0.25, -0.2) is 4.98 Å². The van der Waals surface area contributed by atoms with E-state index in [1.165, 1.54) is 11.3 Å². The van der Waals surface area contributed by atoms with Crippen LogP contribution >= 0.6 is 11.3 Å². The third kappa shape index (κ3) is 5.43. The van der Waals surface area contributed by atoms with Gasteiger partial charge < -0.3 is 18.9 Å². The van der Waals surface area contributed by atoms with Crippen LogP contribution in [0, 0.1) is 11.3 Å². The third-order valence-corrected chi connectivity index (χ3v) is 4.92. The summed E-state index contributed by atoms with van der Waals surface area (Å²) in [5.74, 6) is 1.75. The van der Waals surface area contributed by atoms with E-state index in [1.54, 1.807) is 44.6 Å². The fourth-order valence-corrected chi connectivity index (χ4v) is 3.46. The van der Waals surface area contributed by atoms with E-state index >= 15 is 0 Å². The number of hydrogen-bond donors (Lipinski definition) is 1. The summed E-state index contributed by atoms with van der Waals surface area (Å²) in [4.78, 5) is 16.8. The zero-order valence-corrected chi connectivity index (χ0v) is 18.1. The van der Waals surface area contributed by atoms with Crippen molar-refractivity contribution in [3.8, 4) is 40.3 Å². The van der Waals surface area contributed by atoms with Gasteiger partial charge in [0.15, 0.2) is 23.2 Å². The molecule has 9 heteroatoms. The molecule has 0 aliphatic carbocycles. The zero-order chi connectivity index (χ0) is 22.2. The first-order valence-electron chi connectivity index (χ1n) is 9.35. The van der Waals surface area contributed by atoms with Crippen LogP contribution < -0.4 is 24.3 Å². The largest absolute Gasteiger partial charge is 0.497 e. The number of thiazole rings is 1. The Morgan fingerprint density at radius 3 is 2.61 bits per heavy atom. The Morgan fingerprint density at radius 1 is 1.10 bits per heavy atom. The number of ether oxygens (including phenoxy) is 4. The summed E-state index contributed by atoms with van der Waals surface area (Å²) in [5.41, 5.74) is 1.86. The van der Waals surface area contributed by atoms with Gasteiger partial charge in [-0.3, -0.25) is 10.1 Å². The molecular formula is C22H21N3O5S. The van der Waals surface area contributed by atoms with Gasteiger partial charge in [0.25, 0.3) is 5.91 Å². The maximum absolute atomic E-state index is 12.3. The Kier molecular flexibility index (Phi) is 7.30. The minimum Gasteiger partial charge on any atom is -0.497 e. The van der Waals surface area contributed by atoms with Crippen LogP contribution in [0.5, 0.6) is 23.0 Å². The van der Waals surface area contributed by atoms with Gasteiger partial charge in [0, 0.05) is 17.0 Å². The van der Waals surface area contributed by atoms with E-state index in [0.717, 1.165) is 5.56 Å². The lowest BCUT2D eigenvalue weighted by atomic mass is 10.1. The second-order valence-electron chi connectivity index (χ2n) is 6.15. The Hall–Kier alpha value is -3.77. The summed E-state index contributed by atoms with van der Waals surface area (Å²) in [6.45, 7) is 2.00. The molecule has 0 saturated carbocycles. The summed E-state index contributed by atoms with van der Waals surface area (Å²) >= 11 is 1.29. The highest BCUT2D eigenvalue weighted by Gasteiger charge is 2.14. The van der Waals surface area contributed by atoms with Gasteiger partial charge in [-0.15, -0.1) is 11.3 Å². The number of nitrogens with one attached hydrogen (secondary N) is 1. The predicted molar refractivity (Wildman–Crippen MR) is 117 cm³/mol. The maximum Gasteiger partial charge on any atom is 0.264 e. The molecule has 0 atom stereocenters. The molecule has 1 aromatic heterocycles. The molecule has 0 unspecified atom stereocenters. The van der Waals surface area contributed by atoms with E-state index in [1.807, 2.05) is 24.4 Å². The van der Waals surface area contributed by atoms with E-state index in [0.29, 0.717) is 46.0 Å². The fourth-order valence-electron chi connectivity index (χ4n) is 2.73. The number of benzene rings is 2. The van der Waals surface area contributed by atoms with Gasteiger partial charge in [-0.05, 0) is 37.3 Å². The molecule has 2 aromatic carbocycles. The van der Waals surface area contributed by atoms with Crippen LogP contribution in [0.1, 0.15) is 12.5 Å². The molecule has 0 radical (unpaired) electrons. The molecule has 8 nitrogen and oxygen atoms in total. The van der Waals surface area contributed by atoms with Gasteiger partial charge in [0.2, 0.25) is 0 Å². The van der Waals surface area contributed by atoms with Crippen molar-refractivity contribution in [3.05, 3.63) is 47.3 Å². The Labute approximate surface area is 184 Å². The lowest BCUT2D eigenvalue weighted by Crippen LogP contribution is -2.20. The van der Waals surface area contributed by atoms with Gasteiger partial charge in [0.1, 0.15) is 11.5 Å². The summed E-state index contributed by atoms with van der Waals surface area (Å²) in [6.07, 6.45) is 0. The van der Waals surface area contributed by atoms with Crippen LogP contribution in [0.4, 0.5) is 5.13 Å². The second-order valence-corrected chi connectivity index (χ2v) is 7.01. The minimum atomic E-state index is -0.370. The van der Waals surface area contributed by atoms with Crippen molar-refractivity contribution in [2.24, 2.45) is 0 Å². The Bertz CT molecular complexity index is 1110. The number of methoxy groups -OCH3 is 2. The van der Waals surface area contributed by atoms with Crippen molar-refractivity contribution in [3.63, 3.8) is 0 Å². The predicted octanol–water partition coefficient (Wildman–Crippen LogP) is 4.12. The zero-order valence-electron chi connectivity index (χ0n) is 17.3. The van der Waals surface area contributed by atoms with E-state index < -0.39 is 0 Å². The number of carbonyl (C=O) groups is 1. The van der Waals surface area contributed by atoms with Crippen LogP contribution in [0.25, 0.3) is 11.3 Å². The number of anilines is 1. The average Bonchev–Trinajstić information content (AvgIpc) is 3.26. The quantitative estimate of drug-likeness (QED) is 0.535. The second kappa shape index (κ2) is 10.3. The number of amides is 1. The molecule has 3 rings (SSSR count). The summed E-state index contributed by atoms with van der Waals surface area (Å²) in [5, 5.41) is 14.0. The van der Waals surface area contributed by atoms with E-state index in [9.17, 15) is 4.79 Å². The molecule has 0 saturated heterocycles. The molecule has 0 spiro atoms. The normalized spacial score (nSPS) is 10.1. The molecule has 0 fully saturated rings. The van der Waals surface area contributed by atoms with Crippen molar-refractivity contribution >= 4 is 22.4 Å². The third-order valence-electron chi connectivity index (χ3n) is 4.16. The Balaban J connectivity index is 1.67. The van der Waals surface area contributed by atoms with E-state index in [2.05, 4.69) is 10.3 Å². The van der Waals surface area contributed by atoms with E-state index in [-0.39, 0.29) is 12.5 Å². The van der Waals surface area contributed by atoms with Gasteiger partial charge in [-0.2, -0.15) is 5.26 Å². The summed E-state index contributed by atoms with van der Waals surface area (Å²) < 4.78 is 21.7. The first-order chi connectivity index (χ1) is 15.1. The van der Waals surface area contributed by atoms with Crippen molar-refractivity contribution in [2.75, 3.05) is 32.8 Å². The first kappa shape index (κ1) is 21.9. The highest BCUT2D eigenvalue weighted by Crippen LogP contribution is 2.35. The van der Waals surface area contributed by atoms with Crippen molar-refractivity contribution in [1.29, 1.82) is 5.26 Å². The molecule has 0 bridgehead atoms. The van der Waals surface area contributed by atoms with Crippen LogP contribution in [0.3, 0.4) is 0 Å². The van der Waals surface area contributed by atoms with Gasteiger partial charge in [0.05, 0.1) is 38.2 Å². The van der Waals surface area contributed by atoms with Gasteiger partial charge in [-0.1, -0.05) is 0 Å². The Morgan fingerprint density at radius 2 is 1.90 bits per heavy atom. The number of carbonyl (C=O) groups excluding carboxylic acids is 1. The topological polar surface area (TPSA) is 103 Å². The number of hydrogen-bond acceptors (Lipinski definition) is 8. The maximum atomic E-state index is 12.3. The molecule has 3 aromatic rings. The molecule has 1 heterocycles. The van der Waals surface area contributed by atoms with Crippen LogP contribution in [0.2, 0.25) is 0 Å². The van der Waals surface area contributed by atoms with E-state index in [4.69, 9.17) is 24.2 Å². The molecule has 160 valence electrons. The van der Waals surface area contributed by atoms with Crippen molar-refractivity contribution < 1.29 is 23.7 Å². The average molecular weight is 439 g/mol. The summed E-state index contributed by atoms with van der Waals surface area (Å²) in [6, 6.07) is 12.2. The molecule has 31 heavy (non-hydrogen) atoms. The number of rotatable bonds is 9. The van der Waals surface area contributed by atoms with Crippen molar-refractivity contribution in [1.82, 2.24) is 4.98 Å². The number of aromatic nitrogens is 1. The smallest absolute Gasteiger partial charge is 0.264 e. The molecule has 1 amide bonds. The minimum absolute atomic E-state index is 0.233. The molecular weight excluding hydrogens is 418 g/mol. The van der Waals surface area contributed by atoms with Crippen LogP contribution in [-0.4, -0.2) is 38.3 Å². The van der Waals surface area contributed by atoms with Gasteiger partial charge >= 0.3 is 0 Å². The monoisotopic (exact) mass is 439 g/mol. The molecule has 0 aliphatic rings. The van der Waals surface area contributed by atoms with Crippen LogP contribution in [0.15, 0.2) is 41.8 Å². The number of nitriles is 1. The fraction of sp³-hybridized carbons (Fsp3) is 0.227. The SMILES string of the molecule is CCOc1cc(C#N)ccc1OCC(=O)Nc1nc(-c2cc(OC)ccc2OC)cs1. The highest BCUT2D eigenvalue weighted by molar-refractivity contribution is 7.14.